The molecule has 1 aromatic rings. The zero-order valence-corrected chi connectivity index (χ0v) is 7.69. The van der Waals surface area contributed by atoms with Gasteiger partial charge in [0.15, 0.2) is 0 Å². The summed E-state index contributed by atoms with van der Waals surface area (Å²) < 4.78 is 0. The van der Waals surface area contributed by atoms with Crippen LogP contribution in [0.3, 0.4) is 0 Å². The summed E-state index contributed by atoms with van der Waals surface area (Å²) >= 11 is 11.5. The first kappa shape index (κ1) is 9.30. The van der Waals surface area contributed by atoms with Gasteiger partial charge in [-0.3, -0.25) is 4.79 Å². The van der Waals surface area contributed by atoms with Crippen LogP contribution in [0.2, 0.25) is 10.0 Å². The molecule has 0 amide bonds. The fourth-order valence-electron chi connectivity index (χ4n) is 0.813. The van der Waals surface area contributed by atoms with Gasteiger partial charge < -0.3 is 0 Å². The molecule has 1 rings (SSSR count). The summed E-state index contributed by atoms with van der Waals surface area (Å²) in [5, 5.41) is 0.988. The molecule has 0 heterocycles. The van der Waals surface area contributed by atoms with E-state index >= 15 is 0 Å². The maximum Gasteiger partial charge on any atom is 0.150 e. The number of aldehydes is 1. The van der Waals surface area contributed by atoms with Crippen LogP contribution in [0, 0.1) is 0 Å². The van der Waals surface area contributed by atoms with Crippen molar-refractivity contribution in [1.82, 2.24) is 0 Å². The second kappa shape index (κ2) is 3.74. The van der Waals surface area contributed by atoms with E-state index < -0.39 is 0 Å². The first-order valence-corrected chi connectivity index (χ1v) is 4.00. The Morgan fingerprint density at radius 2 is 2.08 bits per heavy atom. The number of halogens is 2. The van der Waals surface area contributed by atoms with Gasteiger partial charge >= 0.3 is 0 Å². The van der Waals surface area contributed by atoms with E-state index in [1.54, 1.807) is 18.2 Å². The molecular weight excluding hydrogens is 195 g/mol. The Balaban J connectivity index is 3.18. The highest BCUT2D eigenvalue weighted by Crippen LogP contribution is 2.24. The predicted molar refractivity (Wildman–Crippen MR) is 51.6 cm³/mol. The summed E-state index contributed by atoms with van der Waals surface area (Å²) in [6, 6.07) is 4.91. The van der Waals surface area contributed by atoms with Crippen molar-refractivity contribution in [1.29, 1.82) is 0 Å². The van der Waals surface area contributed by atoms with E-state index in [-0.39, 0.29) is 0 Å². The molecule has 0 aliphatic rings. The molecule has 0 aromatic heterocycles. The maximum absolute atomic E-state index is 10.4. The quantitative estimate of drug-likeness (QED) is 0.530. The van der Waals surface area contributed by atoms with Crippen LogP contribution in [0.1, 0.15) is 5.56 Å². The Morgan fingerprint density at radius 1 is 1.42 bits per heavy atom. The molecule has 12 heavy (non-hydrogen) atoms. The SMILES string of the molecule is C=C(C=O)c1ccc(Cl)cc1Cl. The first-order chi connectivity index (χ1) is 5.65. The minimum absolute atomic E-state index is 0.358. The molecule has 0 saturated carbocycles. The summed E-state index contributed by atoms with van der Waals surface area (Å²) in [7, 11) is 0. The molecule has 0 N–H and O–H groups in total. The number of benzene rings is 1. The van der Waals surface area contributed by atoms with Crippen molar-refractivity contribution in [3.8, 4) is 0 Å². The maximum atomic E-state index is 10.4. The molecule has 0 aliphatic carbocycles. The Morgan fingerprint density at radius 3 is 2.58 bits per heavy atom. The van der Waals surface area contributed by atoms with Gasteiger partial charge in [-0.15, -0.1) is 0 Å². The number of rotatable bonds is 2. The number of carbonyl (C=O) groups excluding carboxylic acids is 1. The van der Waals surface area contributed by atoms with Crippen molar-refractivity contribution in [3.63, 3.8) is 0 Å². The fraction of sp³-hybridized carbons (Fsp3) is 0. The lowest BCUT2D eigenvalue weighted by Gasteiger charge is -2.01. The minimum atomic E-state index is 0.358. The molecule has 0 aliphatic heterocycles. The van der Waals surface area contributed by atoms with Crippen LogP contribution in [0.5, 0.6) is 0 Å². The van der Waals surface area contributed by atoms with Crippen molar-refractivity contribution in [2.75, 3.05) is 0 Å². The minimum Gasteiger partial charge on any atom is -0.298 e. The summed E-state index contributed by atoms with van der Waals surface area (Å²) in [5.41, 5.74) is 0.979. The van der Waals surface area contributed by atoms with E-state index in [9.17, 15) is 4.79 Å². The van der Waals surface area contributed by atoms with Gasteiger partial charge in [-0.05, 0) is 12.1 Å². The summed E-state index contributed by atoms with van der Waals surface area (Å²) in [6.07, 6.45) is 0.662. The van der Waals surface area contributed by atoms with Crippen LogP contribution in [-0.4, -0.2) is 6.29 Å². The summed E-state index contributed by atoms with van der Waals surface area (Å²) in [5.74, 6) is 0. The highest BCUT2D eigenvalue weighted by Gasteiger charge is 2.03. The zero-order chi connectivity index (χ0) is 9.14. The van der Waals surface area contributed by atoms with Gasteiger partial charge in [-0.2, -0.15) is 0 Å². The number of carbonyl (C=O) groups is 1. The van der Waals surface area contributed by atoms with Gasteiger partial charge in [0.1, 0.15) is 6.29 Å². The highest BCUT2D eigenvalue weighted by atomic mass is 35.5. The molecule has 62 valence electrons. The van der Waals surface area contributed by atoms with E-state index in [2.05, 4.69) is 6.58 Å². The Labute approximate surface area is 80.6 Å². The third-order valence-electron chi connectivity index (χ3n) is 1.42. The molecule has 1 aromatic carbocycles. The average Bonchev–Trinajstić information content (AvgIpc) is 2.03. The number of hydrogen-bond acceptors (Lipinski definition) is 1. The Kier molecular flexibility index (Phi) is 2.90. The molecule has 3 heteroatoms. The lowest BCUT2D eigenvalue weighted by Crippen LogP contribution is -1.84. The third-order valence-corrected chi connectivity index (χ3v) is 1.97. The van der Waals surface area contributed by atoms with Gasteiger partial charge in [0, 0.05) is 21.2 Å². The normalized spacial score (nSPS) is 9.50. The molecule has 0 unspecified atom stereocenters. The molecule has 0 atom stereocenters. The zero-order valence-electron chi connectivity index (χ0n) is 6.18. The van der Waals surface area contributed by atoms with Gasteiger partial charge in [0.25, 0.3) is 0 Å². The molecule has 0 radical (unpaired) electrons. The number of hydrogen-bond donors (Lipinski definition) is 0. The van der Waals surface area contributed by atoms with Crippen molar-refractivity contribution in [2.45, 2.75) is 0 Å². The lowest BCUT2D eigenvalue weighted by molar-refractivity contribution is -0.103. The van der Waals surface area contributed by atoms with Crippen LogP contribution in [0.15, 0.2) is 24.8 Å². The van der Waals surface area contributed by atoms with E-state index in [0.29, 0.717) is 27.5 Å². The average molecular weight is 201 g/mol. The lowest BCUT2D eigenvalue weighted by atomic mass is 10.1. The van der Waals surface area contributed by atoms with Crippen molar-refractivity contribution < 1.29 is 4.79 Å². The largest absolute Gasteiger partial charge is 0.298 e. The Bertz CT molecular complexity index is 331. The van der Waals surface area contributed by atoms with Gasteiger partial charge in [0.2, 0.25) is 0 Å². The first-order valence-electron chi connectivity index (χ1n) is 3.24. The van der Waals surface area contributed by atoms with Gasteiger partial charge in [-0.25, -0.2) is 0 Å². The third kappa shape index (κ3) is 1.87. The molecule has 0 saturated heterocycles. The van der Waals surface area contributed by atoms with Crippen LogP contribution in [0.4, 0.5) is 0 Å². The predicted octanol–water partition coefficient (Wildman–Crippen LogP) is 3.21. The topological polar surface area (TPSA) is 17.1 Å². The van der Waals surface area contributed by atoms with E-state index in [4.69, 9.17) is 23.2 Å². The fourth-order valence-corrected chi connectivity index (χ4v) is 1.34. The molecule has 0 bridgehead atoms. The van der Waals surface area contributed by atoms with E-state index in [1.807, 2.05) is 0 Å². The van der Waals surface area contributed by atoms with E-state index in [1.165, 1.54) is 0 Å². The molecule has 0 spiro atoms. The second-order valence-electron chi connectivity index (χ2n) is 2.27. The van der Waals surface area contributed by atoms with Crippen LogP contribution in [-0.2, 0) is 4.79 Å². The monoisotopic (exact) mass is 200 g/mol. The Hall–Kier alpha value is -0.790. The second-order valence-corrected chi connectivity index (χ2v) is 3.11. The number of allylic oxidation sites excluding steroid dienone is 1. The van der Waals surface area contributed by atoms with Crippen molar-refractivity contribution in [3.05, 3.63) is 40.4 Å². The van der Waals surface area contributed by atoms with Gasteiger partial charge in [0.05, 0.1) is 0 Å². The molecular formula is C9H6Cl2O. The van der Waals surface area contributed by atoms with Crippen LogP contribution < -0.4 is 0 Å². The molecule has 0 fully saturated rings. The van der Waals surface area contributed by atoms with Gasteiger partial charge in [-0.1, -0.05) is 35.8 Å². The smallest absolute Gasteiger partial charge is 0.150 e. The molecule has 1 nitrogen and oxygen atoms in total. The van der Waals surface area contributed by atoms with Crippen molar-refractivity contribution >= 4 is 35.1 Å². The highest BCUT2D eigenvalue weighted by molar-refractivity contribution is 6.36. The van der Waals surface area contributed by atoms with Crippen LogP contribution >= 0.6 is 23.2 Å². The van der Waals surface area contributed by atoms with E-state index in [0.717, 1.165) is 0 Å². The standard InChI is InChI=1S/C9H6Cl2O/c1-6(5-12)8-3-2-7(10)4-9(8)11/h2-5H,1H2. The summed E-state index contributed by atoms with van der Waals surface area (Å²) in [4.78, 5) is 10.4. The summed E-state index contributed by atoms with van der Waals surface area (Å²) in [6.45, 7) is 3.54. The van der Waals surface area contributed by atoms with Crippen LogP contribution in [0.25, 0.3) is 5.57 Å². The van der Waals surface area contributed by atoms with Crippen molar-refractivity contribution in [2.24, 2.45) is 0 Å².